The summed E-state index contributed by atoms with van der Waals surface area (Å²) in [4.78, 5) is 17.7. The number of carbonyl (C=O) groups excluding carboxylic acids is 1. The summed E-state index contributed by atoms with van der Waals surface area (Å²) in [5, 5.41) is 8.68. The van der Waals surface area contributed by atoms with Crippen molar-refractivity contribution >= 4 is 22.6 Å². The highest BCUT2D eigenvalue weighted by Gasteiger charge is 2.15. The number of hydrogen-bond acceptors (Lipinski definition) is 4. The number of rotatable bonds is 5. The van der Waals surface area contributed by atoms with Crippen molar-refractivity contribution in [3.8, 4) is 11.6 Å². The van der Waals surface area contributed by atoms with E-state index in [9.17, 15) is 4.79 Å². The topological polar surface area (TPSA) is 69.0 Å². The predicted molar refractivity (Wildman–Crippen MR) is 123 cm³/mol. The molecule has 0 fully saturated rings. The van der Waals surface area contributed by atoms with Gasteiger partial charge < -0.3 is 10.1 Å². The zero-order chi connectivity index (χ0) is 22.1. The molecule has 6 nitrogen and oxygen atoms in total. The van der Waals surface area contributed by atoms with E-state index in [4.69, 9.17) is 9.72 Å². The Balaban J connectivity index is 1.70. The molecule has 158 valence electrons. The summed E-state index contributed by atoms with van der Waals surface area (Å²) in [6.45, 7) is 10.6. The number of aromatic nitrogens is 3. The molecule has 0 saturated carbocycles. The Hall–Kier alpha value is -3.67. The molecule has 6 heteroatoms. The lowest BCUT2D eigenvalue weighted by atomic mass is 10.0. The monoisotopic (exact) mass is 414 g/mol. The van der Waals surface area contributed by atoms with Crippen LogP contribution in [0.5, 0.6) is 5.75 Å². The fourth-order valence-electron chi connectivity index (χ4n) is 3.76. The Morgan fingerprint density at radius 3 is 2.45 bits per heavy atom. The van der Waals surface area contributed by atoms with Crippen molar-refractivity contribution in [2.75, 3.05) is 11.9 Å². The standard InChI is InChI=1S/C25H26N4O2/c1-6-31-20-9-7-19(8-10-20)25(30)27-23-14-18(5)28-29(23)22-13-16(3)21-12-15(2)11-17(4)24(21)26-22/h7-14H,6H2,1-5H3,(H,27,30). The van der Waals surface area contributed by atoms with Crippen molar-refractivity contribution in [3.63, 3.8) is 0 Å². The van der Waals surface area contributed by atoms with Crippen molar-refractivity contribution in [1.29, 1.82) is 0 Å². The minimum absolute atomic E-state index is 0.214. The third-order valence-corrected chi connectivity index (χ3v) is 5.16. The quantitative estimate of drug-likeness (QED) is 0.481. The average molecular weight is 415 g/mol. The predicted octanol–water partition coefficient (Wildman–Crippen LogP) is 5.31. The van der Waals surface area contributed by atoms with Gasteiger partial charge in [-0.15, -0.1) is 0 Å². The number of fused-ring (bicyclic) bond motifs is 1. The highest BCUT2D eigenvalue weighted by Crippen LogP contribution is 2.26. The molecule has 2 aromatic heterocycles. The van der Waals surface area contributed by atoms with Crippen LogP contribution in [-0.4, -0.2) is 27.3 Å². The molecule has 31 heavy (non-hydrogen) atoms. The molecular weight excluding hydrogens is 388 g/mol. The lowest BCUT2D eigenvalue weighted by Gasteiger charge is -2.12. The minimum Gasteiger partial charge on any atom is -0.494 e. The number of nitrogens with zero attached hydrogens (tertiary/aromatic N) is 3. The van der Waals surface area contributed by atoms with Crippen LogP contribution in [0.2, 0.25) is 0 Å². The van der Waals surface area contributed by atoms with Crippen LogP contribution >= 0.6 is 0 Å². The van der Waals surface area contributed by atoms with Crippen molar-refractivity contribution in [2.45, 2.75) is 34.6 Å². The van der Waals surface area contributed by atoms with Crippen LogP contribution in [0.15, 0.2) is 48.5 Å². The number of nitrogens with one attached hydrogen (secondary N) is 1. The largest absolute Gasteiger partial charge is 0.494 e. The van der Waals surface area contributed by atoms with Gasteiger partial charge in [0, 0.05) is 17.0 Å². The number of pyridine rings is 1. The molecule has 2 heterocycles. The Morgan fingerprint density at radius 2 is 1.74 bits per heavy atom. The van der Waals surface area contributed by atoms with E-state index >= 15 is 0 Å². The normalized spacial score (nSPS) is 11.0. The Kier molecular flexibility index (Phi) is 5.46. The Morgan fingerprint density at radius 1 is 1.00 bits per heavy atom. The maximum Gasteiger partial charge on any atom is 0.256 e. The fraction of sp³-hybridized carbons (Fsp3) is 0.240. The van der Waals surface area contributed by atoms with Crippen molar-refractivity contribution in [1.82, 2.24) is 14.8 Å². The summed E-state index contributed by atoms with van der Waals surface area (Å²) in [5.74, 6) is 1.77. The summed E-state index contributed by atoms with van der Waals surface area (Å²) in [7, 11) is 0. The van der Waals surface area contributed by atoms with Gasteiger partial charge in [0.1, 0.15) is 11.6 Å². The van der Waals surface area contributed by atoms with Gasteiger partial charge >= 0.3 is 0 Å². The van der Waals surface area contributed by atoms with E-state index < -0.39 is 0 Å². The molecule has 0 bridgehead atoms. The van der Waals surface area contributed by atoms with Gasteiger partial charge in [-0.05, 0) is 82.1 Å². The van der Waals surface area contributed by atoms with Gasteiger partial charge in [-0.3, -0.25) is 4.79 Å². The molecule has 1 amide bonds. The molecular formula is C25H26N4O2. The van der Waals surface area contributed by atoms with E-state index in [1.807, 2.05) is 26.0 Å². The molecule has 0 atom stereocenters. The number of amides is 1. The molecule has 0 spiro atoms. The van der Waals surface area contributed by atoms with Crippen molar-refractivity contribution in [2.24, 2.45) is 0 Å². The maximum absolute atomic E-state index is 12.8. The number of ether oxygens (including phenoxy) is 1. The number of anilines is 1. The third-order valence-electron chi connectivity index (χ3n) is 5.16. The SMILES string of the molecule is CCOc1ccc(C(=O)Nc2cc(C)nn2-c2cc(C)c3cc(C)cc(C)c3n2)cc1. The van der Waals surface area contributed by atoms with Crippen LogP contribution < -0.4 is 10.1 Å². The molecule has 0 aliphatic carbocycles. The number of aryl methyl sites for hydroxylation is 4. The highest BCUT2D eigenvalue weighted by atomic mass is 16.5. The van der Waals surface area contributed by atoms with E-state index in [1.165, 1.54) is 5.56 Å². The first-order valence-corrected chi connectivity index (χ1v) is 10.4. The van der Waals surface area contributed by atoms with Gasteiger partial charge in [0.05, 0.1) is 17.8 Å². The van der Waals surface area contributed by atoms with Crippen LogP contribution in [0.25, 0.3) is 16.7 Å². The van der Waals surface area contributed by atoms with Gasteiger partial charge in [0.25, 0.3) is 5.91 Å². The van der Waals surface area contributed by atoms with Crippen LogP contribution in [0.3, 0.4) is 0 Å². The van der Waals surface area contributed by atoms with Gasteiger partial charge in [-0.25, -0.2) is 4.98 Å². The second-order valence-corrected chi connectivity index (χ2v) is 7.77. The summed E-state index contributed by atoms with van der Waals surface area (Å²) < 4.78 is 7.14. The third kappa shape index (κ3) is 4.14. The zero-order valence-corrected chi connectivity index (χ0v) is 18.5. The molecule has 0 radical (unpaired) electrons. The molecule has 2 aromatic carbocycles. The first-order valence-electron chi connectivity index (χ1n) is 10.4. The fourth-order valence-corrected chi connectivity index (χ4v) is 3.76. The van der Waals surface area contributed by atoms with Gasteiger partial charge in [0.2, 0.25) is 0 Å². The number of benzene rings is 2. The Labute approximate surface area is 181 Å². The van der Waals surface area contributed by atoms with Crippen molar-refractivity contribution in [3.05, 3.63) is 76.5 Å². The molecule has 0 saturated heterocycles. The van der Waals surface area contributed by atoms with Crippen LogP contribution in [0.1, 0.15) is 39.7 Å². The van der Waals surface area contributed by atoms with Gasteiger partial charge in [-0.2, -0.15) is 9.78 Å². The molecule has 0 aliphatic rings. The molecule has 0 aliphatic heterocycles. The Bertz CT molecular complexity index is 1270. The maximum atomic E-state index is 12.8. The van der Waals surface area contributed by atoms with Crippen LogP contribution in [0, 0.1) is 27.7 Å². The first-order chi connectivity index (χ1) is 14.9. The van der Waals surface area contributed by atoms with Crippen LogP contribution in [0.4, 0.5) is 5.82 Å². The second-order valence-electron chi connectivity index (χ2n) is 7.77. The van der Waals surface area contributed by atoms with E-state index in [2.05, 4.69) is 43.3 Å². The summed E-state index contributed by atoms with van der Waals surface area (Å²) in [6.07, 6.45) is 0. The van der Waals surface area contributed by atoms with E-state index in [1.54, 1.807) is 28.9 Å². The van der Waals surface area contributed by atoms with Gasteiger partial charge in [0.15, 0.2) is 5.82 Å². The van der Waals surface area contributed by atoms with Crippen molar-refractivity contribution < 1.29 is 9.53 Å². The minimum atomic E-state index is -0.214. The highest BCUT2D eigenvalue weighted by molar-refractivity contribution is 6.04. The summed E-state index contributed by atoms with van der Waals surface area (Å²) in [6, 6.07) is 15.2. The molecule has 4 rings (SSSR count). The van der Waals surface area contributed by atoms with E-state index in [-0.39, 0.29) is 5.91 Å². The lowest BCUT2D eigenvalue weighted by Crippen LogP contribution is -2.15. The second kappa shape index (κ2) is 8.22. The average Bonchev–Trinajstić information content (AvgIpc) is 3.09. The molecule has 0 unspecified atom stereocenters. The zero-order valence-electron chi connectivity index (χ0n) is 18.5. The summed E-state index contributed by atoms with van der Waals surface area (Å²) >= 11 is 0. The molecule has 4 aromatic rings. The van der Waals surface area contributed by atoms with E-state index in [0.29, 0.717) is 23.8 Å². The van der Waals surface area contributed by atoms with E-state index in [0.717, 1.165) is 33.5 Å². The number of hydrogen-bond donors (Lipinski definition) is 1. The summed E-state index contributed by atoms with van der Waals surface area (Å²) in [5.41, 5.74) is 5.72. The lowest BCUT2D eigenvalue weighted by molar-refractivity contribution is 0.102. The van der Waals surface area contributed by atoms with Crippen LogP contribution in [-0.2, 0) is 0 Å². The first kappa shape index (κ1) is 20.6. The number of carbonyl (C=O) groups is 1. The van der Waals surface area contributed by atoms with Gasteiger partial charge in [-0.1, -0.05) is 11.6 Å². The molecule has 1 N–H and O–H groups in total. The smallest absolute Gasteiger partial charge is 0.256 e.